The van der Waals surface area contributed by atoms with Crippen molar-refractivity contribution in [2.75, 3.05) is 18.0 Å². The molecule has 6 heteroatoms. The van der Waals surface area contributed by atoms with Gasteiger partial charge in [0.2, 0.25) is 10.0 Å². The molecule has 3 aromatic rings. The van der Waals surface area contributed by atoms with E-state index in [9.17, 15) is 13.2 Å². The Morgan fingerprint density at radius 1 is 0.871 bits per heavy atom. The fourth-order valence-corrected chi connectivity index (χ4v) is 5.32. The molecule has 3 aromatic carbocycles. The predicted octanol–water partition coefficient (Wildman–Crippen LogP) is 4.63. The minimum Gasteiger partial charge on any atom is -0.308 e. The van der Waals surface area contributed by atoms with Crippen LogP contribution in [0.2, 0.25) is 0 Å². The first kappa shape index (κ1) is 22.7. The highest BCUT2D eigenvalue weighted by Gasteiger charge is 2.21. The number of nitrogens with zero attached hydrogens (tertiary/aromatic N) is 1. The molecule has 0 spiro atoms. The molecule has 5 nitrogen and oxygen atoms in total. The van der Waals surface area contributed by atoms with Crippen LogP contribution in [0.4, 0.5) is 5.69 Å². The molecule has 1 N–H and O–H groups in total. The molecule has 3 rings (SSSR count). The lowest BCUT2D eigenvalue weighted by Gasteiger charge is -2.23. The molecule has 1 amide bonds. The summed E-state index contributed by atoms with van der Waals surface area (Å²) in [7, 11) is -3.63. The summed E-state index contributed by atoms with van der Waals surface area (Å²) in [6.45, 7) is 6.20. The van der Waals surface area contributed by atoms with Crippen LogP contribution < -0.4 is 9.62 Å². The number of aryl methyl sites for hydroxylation is 3. The first-order chi connectivity index (χ1) is 14.8. The number of amides is 1. The van der Waals surface area contributed by atoms with Crippen molar-refractivity contribution in [1.29, 1.82) is 0 Å². The number of hydrogen-bond donors (Lipinski definition) is 1. The zero-order valence-electron chi connectivity index (χ0n) is 18.1. The number of sulfonamides is 1. The predicted molar refractivity (Wildman–Crippen MR) is 125 cm³/mol. The van der Waals surface area contributed by atoms with Gasteiger partial charge in [-0.2, -0.15) is 0 Å². The average molecular weight is 437 g/mol. The molecular formula is C25H28N2O3S. The number of carbonyl (C=O) groups is 1. The molecule has 0 saturated heterocycles. The number of hydrogen-bond acceptors (Lipinski definition) is 3. The van der Waals surface area contributed by atoms with Gasteiger partial charge in [0, 0.05) is 24.3 Å². The Balaban J connectivity index is 1.71. The van der Waals surface area contributed by atoms with Crippen LogP contribution in [0.25, 0.3) is 0 Å². The molecule has 0 aromatic heterocycles. The second-order valence-electron chi connectivity index (χ2n) is 7.64. The molecule has 0 aliphatic heterocycles. The SMILES string of the molecule is Cc1cc(C)c(S(=O)(=O)NCCCN(C(=O)c2ccccc2)c2ccccc2)c(C)c1. The molecular weight excluding hydrogens is 408 g/mol. The Bertz CT molecular complexity index is 1120. The Hall–Kier alpha value is -2.96. The normalized spacial score (nSPS) is 11.3. The minimum absolute atomic E-state index is 0.111. The summed E-state index contributed by atoms with van der Waals surface area (Å²) in [6.07, 6.45) is 0.483. The Morgan fingerprint density at radius 2 is 1.42 bits per heavy atom. The molecule has 0 atom stereocenters. The molecule has 0 bridgehead atoms. The van der Waals surface area contributed by atoms with Gasteiger partial charge in [0.25, 0.3) is 5.91 Å². The summed E-state index contributed by atoms with van der Waals surface area (Å²) in [4.78, 5) is 15.1. The highest BCUT2D eigenvalue weighted by atomic mass is 32.2. The quantitative estimate of drug-likeness (QED) is 0.524. The van der Waals surface area contributed by atoms with Crippen LogP contribution in [0, 0.1) is 20.8 Å². The molecule has 0 unspecified atom stereocenters. The Labute approximate surface area is 184 Å². The van der Waals surface area contributed by atoms with Crippen molar-refractivity contribution in [2.24, 2.45) is 0 Å². The largest absolute Gasteiger partial charge is 0.308 e. The van der Waals surface area contributed by atoms with Crippen LogP contribution in [0.3, 0.4) is 0 Å². The number of benzene rings is 3. The van der Waals surface area contributed by atoms with E-state index in [0.717, 1.165) is 22.4 Å². The lowest BCUT2D eigenvalue weighted by Crippen LogP contribution is -2.34. The Kier molecular flexibility index (Phi) is 7.25. The summed E-state index contributed by atoms with van der Waals surface area (Å²) < 4.78 is 28.4. The van der Waals surface area contributed by atoms with E-state index in [2.05, 4.69) is 4.72 Å². The second kappa shape index (κ2) is 9.90. The van der Waals surface area contributed by atoms with Crippen molar-refractivity contribution in [3.8, 4) is 0 Å². The van der Waals surface area contributed by atoms with Gasteiger partial charge < -0.3 is 4.90 Å². The smallest absolute Gasteiger partial charge is 0.258 e. The minimum atomic E-state index is -3.63. The first-order valence-corrected chi connectivity index (χ1v) is 11.8. The van der Waals surface area contributed by atoms with Crippen molar-refractivity contribution in [3.63, 3.8) is 0 Å². The fraction of sp³-hybridized carbons (Fsp3) is 0.240. The summed E-state index contributed by atoms with van der Waals surface area (Å²) >= 11 is 0. The molecule has 0 aliphatic carbocycles. The zero-order chi connectivity index (χ0) is 22.4. The number of rotatable bonds is 8. The molecule has 0 saturated carbocycles. The zero-order valence-corrected chi connectivity index (χ0v) is 18.9. The van der Waals surface area contributed by atoms with Crippen molar-refractivity contribution >= 4 is 21.6 Å². The first-order valence-electron chi connectivity index (χ1n) is 10.3. The third-order valence-electron chi connectivity index (χ3n) is 5.06. The van der Waals surface area contributed by atoms with Gasteiger partial charge in [0.05, 0.1) is 4.90 Å². The van der Waals surface area contributed by atoms with Gasteiger partial charge in [0.1, 0.15) is 0 Å². The topological polar surface area (TPSA) is 66.5 Å². The van der Waals surface area contributed by atoms with Crippen molar-refractivity contribution < 1.29 is 13.2 Å². The van der Waals surface area contributed by atoms with Crippen LogP contribution in [0.1, 0.15) is 33.5 Å². The number of para-hydroxylation sites is 1. The molecule has 31 heavy (non-hydrogen) atoms. The van der Waals surface area contributed by atoms with Gasteiger partial charge in [-0.3, -0.25) is 4.79 Å². The highest BCUT2D eigenvalue weighted by molar-refractivity contribution is 7.89. The third-order valence-corrected chi connectivity index (χ3v) is 6.82. The lowest BCUT2D eigenvalue weighted by atomic mass is 10.1. The van der Waals surface area contributed by atoms with E-state index in [1.807, 2.05) is 81.4 Å². The maximum absolute atomic E-state index is 13.1. The lowest BCUT2D eigenvalue weighted by molar-refractivity contribution is 0.0986. The molecule has 0 fully saturated rings. The standard InChI is InChI=1S/C25H28N2O3S/c1-19-17-20(2)24(21(3)18-19)31(29,30)26-15-10-16-27(23-13-8-5-9-14-23)25(28)22-11-6-4-7-12-22/h4-9,11-14,17-18,26H,10,15-16H2,1-3H3. The summed E-state index contributed by atoms with van der Waals surface area (Å²) in [5, 5.41) is 0. The number of nitrogens with one attached hydrogen (secondary N) is 1. The fourth-order valence-electron chi connectivity index (χ4n) is 3.80. The maximum atomic E-state index is 13.1. The van der Waals surface area contributed by atoms with Crippen LogP contribution in [-0.4, -0.2) is 27.4 Å². The van der Waals surface area contributed by atoms with Gasteiger partial charge >= 0.3 is 0 Å². The van der Waals surface area contributed by atoms with Gasteiger partial charge in [-0.15, -0.1) is 0 Å². The van der Waals surface area contributed by atoms with Gasteiger partial charge in [-0.05, 0) is 62.6 Å². The molecule has 0 radical (unpaired) electrons. The molecule has 0 heterocycles. The average Bonchev–Trinajstić information content (AvgIpc) is 2.73. The third kappa shape index (κ3) is 5.60. The summed E-state index contributed by atoms with van der Waals surface area (Å²) in [6, 6.07) is 22.3. The van der Waals surface area contributed by atoms with E-state index in [0.29, 0.717) is 23.4 Å². The van der Waals surface area contributed by atoms with E-state index in [4.69, 9.17) is 0 Å². The Morgan fingerprint density at radius 3 is 2.00 bits per heavy atom. The van der Waals surface area contributed by atoms with E-state index in [-0.39, 0.29) is 12.5 Å². The monoisotopic (exact) mass is 436 g/mol. The van der Waals surface area contributed by atoms with E-state index in [1.165, 1.54) is 0 Å². The van der Waals surface area contributed by atoms with Gasteiger partial charge in [-0.1, -0.05) is 54.1 Å². The highest BCUT2D eigenvalue weighted by Crippen LogP contribution is 2.22. The summed E-state index contributed by atoms with van der Waals surface area (Å²) in [5.41, 5.74) is 3.87. The summed E-state index contributed by atoms with van der Waals surface area (Å²) in [5.74, 6) is -0.111. The van der Waals surface area contributed by atoms with Crippen LogP contribution in [0.5, 0.6) is 0 Å². The van der Waals surface area contributed by atoms with E-state index in [1.54, 1.807) is 17.0 Å². The maximum Gasteiger partial charge on any atom is 0.258 e. The second-order valence-corrected chi connectivity index (χ2v) is 9.34. The molecule has 0 aliphatic rings. The van der Waals surface area contributed by atoms with Crippen molar-refractivity contribution in [3.05, 3.63) is 95.1 Å². The van der Waals surface area contributed by atoms with Gasteiger partial charge in [0.15, 0.2) is 0 Å². The van der Waals surface area contributed by atoms with Gasteiger partial charge in [-0.25, -0.2) is 13.1 Å². The van der Waals surface area contributed by atoms with Crippen molar-refractivity contribution in [2.45, 2.75) is 32.1 Å². The van der Waals surface area contributed by atoms with Crippen molar-refractivity contribution in [1.82, 2.24) is 4.72 Å². The van der Waals surface area contributed by atoms with Crippen LogP contribution in [0.15, 0.2) is 77.7 Å². The van der Waals surface area contributed by atoms with Crippen LogP contribution in [-0.2, 0) is 10.0 Å². The van der Waals surface area contributed by atoms with E-state index >= 15 is 0 Å². The van der Waals surface area contributed by atoms with Crippen LogP contribution >= 0.6 is 0 Å². The number of anilines is 1. The van der Waals surface area contributed by atoms with E-state index < -0.39 is 10.0 Å². The molecule has 162 valence electrons. The number of carbonyl (C=O) groups excluding carboxylic acids is 1.